The van der Waals surface area contributed by atoms with Gasteiger partial charge < -0.3 is 24.4 Å². The van der Waals surface area contributed by atoms with Gasteiger partial charge in [0.25, 0.3) is 0 Å². The van der Waals surface area contributed by atoms with E-state index in [1.807, 2.05) is 29.2 Å². The maximum atomic E-state index is 13.7. The van der Waals surface area contributed by atoms with Gasteiger partial charge in [0.1, 0.15) is 17.1 Å². The average molecular weight is 583 g/mol. The molecule has 3 atom stereocenters. The van der Waals surface area contributed by atoms with Gasteiger partial charge >= 0.3 is 6.09 Å². The fourth-order valence-corrected chi connectivity index (χ4v) is 7.17. The summed E-state index contributed by atoms with van der Waals surface area (Å²) in [6, 6.07) is 9.47. The molecule has 1 spiro atoms. The molecule has 0 radical (unpaired) electrons. The average Bonchev–Trinajstić information content (AvgIpc) is 2.86. The van der Waals surface area contributed by atoms with Crippen LogP contribution in [0.2, 0.25) is 0 Å². The van der Waals surface area contributed by atoms with Crippen LogP contribution in [0, 0.1) is 22.0 Å². The minimum atomic E-state index is -3.73. The Morgan fingerprint density at radius 3 is 2.66 bits per heavy atom. The van der Waals surface area contributed by atoms with Crippen LogP contribution in [0.5, 0.6) is 0 Å². The molecule has 1 aliphatic carbocycles. The molecule has 2 aromatic rings. The number of aromatic nitrogens is 2. The molecule has 220 valence electrons. The summed E-state index contributed by atoms with van der Waals surface area (Å²) in [5.74, 6) is 0.535. The molecule has 3 heterocycles. The number of amides is 1. The van der Waals surface area contributed by atoms with Crippen molar-refractivity contribution >= 4 is 27.4 Å². The molecular formula is C29H38N6O5S. The highest BCUT2D eigenvalue weighted by Crippen LogP contribution is 2.47. The molecule has 12 heteroatoms. The summed E-state index contributed by atoms with van der Waals surface area (Å²) in [4.78, 5) is 25.6. The minimum absolute atomic E-state index is 0.102. The lowest BCUT2D eigenvalue weighted by molar-refractivity contribution is 0.0144. The lowest BCUT2D eigenvalue weighted by atomic mass is 9.67. The number of sulfone groups is 1. The van der Waals surface area contributed by atoms with Crippen molar-refractivity contribution in [1.29, 1.82) is 5.26 Å². The van der Waals surface area contributed by atoms with E-state index in [2.05, 4.69) is 16.0 Å². The molecule has 1 unspecified atom stereocenters. The van der Waals surface area contributed by atoms with E-state index in [4.69, 9.17) is 4.74 Å². The van der Waals surface area contributed by atoms with Gasteiger partial charge in [-0.25, -0.2) is 23.2 Å². The molecule has 1 amide bonds. The highest BCUT2D eigenvalue weighted by molar-refractivity contribution is 7.90. The Hall–Kier alpha value is -3.27. The molecule has 1 saturated heterocycles. The second-order valence-electron chi connectivity index (χ2n) is 12.9. The number of nitriles is 1. The fraction of sp³-hybridized carbons (Fsp3) is 0.586. The molecule has 5 rings (SSSR count). The Labute approximate surface area is 241 Å². The van der Waals surface area contributed by atoms with E-state index >= 15 is 0 Å². The fourth-order valence-electron chi connectivity index (χ4n) is 6.64. The van der Waals surface area contributed by atoms with Gasteiger partial charge in [-0.05, 0) is 46.1 Å². The first kappa shape index (κ1) is 29.2. The van der Waals surface area contributed by atoms with E-state index < -0.39 is 32.2 Å². The second-order valence-corrected chi connectivity index (χ2v) is 14.8. The number of anilines is 1. The van der Waals surface area contributed by atoms with Gasteiger partial charge in [0, 0.05) is 48.9 Å². The van der Waals surface area contributed by atoms with Crippen molar-refractivity contribution in [3.05, 3.63) is 46.3 Å². The molecule has 11 nitrogen and oxygen atoms in total. The zero-order chi connectivity index (χ0) is 29.8. The van der Waals surface area contributed by atoms with Crippen molar-refractivity contribution in [2.45, 2.75) is 69.7 Å². The van der Waals surface area contributed by atoms with E-state index in [1.54, 1.807) is 32.7 Å². The number of carbonyl (C=O) groups is 1. The van der Waals surface area contributed by atoms with E-state index in [-0.39, 0.29) is 17.0 Å². The SMILES string of the molecule is CC(C)(C)OC(=O)N1CCN(c2nc(S(C)(=O)=O)nc3c2CC[C@@]2(Cc4ccccc4[N+](C)([O-])C2)C3)C[C@@H]1CC#N. The third-order valence-corrected chi connectivity index (χ3v) is 9.12. The summed E-state index contributed by atoms with van der Waals surface area (Å²) < 4.78 is 30.5. The molecule has 0 saturated carbocycles. The molecular weight excluding hydrogens is 544 g/mol. The third kappa shape index (κ3) is 5.89. The largest absolute Gasteiger partial charge is 0.628 e. The quantitative estimate of drug-likeness (QED) is 0.303. The minimum Gasteiger partial charge on any atom is -0.628 e. The van der Waals surface area contributed by atoms with Crippen LogP contribution in [0.25, 0.3) is 0 Å². The predicted molar refractivity (Wildman–Crippen MR) is 155 cm³/mol. The number of hydroxylamine groups is 2. The predicted octanol–water partition coefficient (Wildman–Crippen LogP) is 3.39. The van der Waals surface area contributed by atoms with Crippen molar-refractivity contribution in [1.82, 2.24) is 19.5 Å². The van der Waals surface area contributed by atoms with Gasteiger partial charge in [-0.2, -0.15) is 5.26 Å². The number of benzene rings is 1. The summed E-state index contributed by atoms with van der Waals surface area (Å²) in [6.07, 6.45) is 3.28. The van der Waals surface area contributed by atoms with Crippen molar-refractivity contribution in [2.24, 2.45) is 5.41 Å². The van der Waals surface area contributed by atoms with Crippen molar-refractivity contribution < 1.29 is 17.9 Å². The number of quaternary nitrogens is 1. The molecule has 1 aromatic carbocycles. The number of hydrogen-bond acceptors (Lipinski definition) is 9. The summed E-state index contributed by atoms with van der Waals surface area (Å²) in [6.45, 7) is 6.80. The van der Waals surface area contributed by atoms with Gasteiger partial charge in [0.2, 0.25) is 15.0 Å². The van der Waals surface area contributed by atoms with Crippen LogP contribution in [-0.2, 0) is 33.8 Å². The van der Waals surface area contributed by atoms with Crippen LogP contribution in [-0.4, -0.2) is 80.5 Å². The first-order chi connectivity index (χ1) is 19.1. The van der Waals surface area contributed by atoms with E-state index in [0.717, 1.165) is 35.9 Å². The first-order valence-electron chi connectivity index (χ1n) is 14.0. The van der Waals surface area contributed by atoms with Crippen LogP contribution in [0.4, 0.5) is 16.3 Å². The molecule has 41 heavy (non-hydrogen) atoms. The van der Waals surface area contributed by atoms with Gasteiger partial charge in [0.15, 0.2) is 0 Å². The van der Waals surface area contributed by atoms with Gasteiger partial charge in [0.05, 0.1) is 37.8 Å². The number of nitrogens with zero attached hydrogens (tertiary/aromatic N) is 6. The lowest BCUT2D eigenvalue weighted by Crippen LogP contribution is -2.57. The summed E-state index contributed by atoms with van der Waals surface area (Å²) >= 11 is 0. The van der Waals surface area contributed by atoms with Crippen LogP contribution in [0.3, 0.4) is 0 Å². The first-order valence-corrected chi connectivity index (χ1v) is 15.9. The van der Waals surface area contributed by atoms with Crippen molar-refractivity contribution in [3.8, 4) is 6.07 Å². The summed E-state index contributed by atoms with van der Waals surface area (Å²) in [5.41, 5.74) is 2.31. The third-order valence-electron chi connectivity index (χ3n) is 8.27. The van der Waals surface area contributed by atoms with Crippen molar-refractivity contribution in [3.63, 3.8) is 0 Å². The molecule has 1 fully saturated rings. The smallest absolute Gasteiger partial charge is 0.410 e. The highest BCUT2D eigenvalue weighted by atomic mass is 32.2. The zero-order valence-electron chi connectivity index (χ0n) is 24.4. The van der Waals surface area contributed by atoms with Gasteiger partial charge in [-0.3, -0.25) is 0 Å². The summed E-state index contributed by atoms with van der Waals surface area (Å²) in [7, 11) is -2.05. The lowest BCUT2D eigenvalue weighted by Gasteiger charge is -2.52. The number of carbonyl (C=O) groups excluding carboxylic acids is 1. The number of hydrogen-bond donors (Lipinski definition) is 0. The van der Waals surface area contributed by atoms with Gasteiger partial charge in [-0.1, -0.05) is 18.2 Å². The Balaban J connectivity index is 1.49. The molecule has 2 aliphatic heterocycles. The van der Waals surface area contributed by atoms with Crippen molar-refractivity contribution in [2.75, 3.05) is 44.4 Å². The standard InChI is InChI=1S/C29H38N6O5S/c1-28(2,3)40-27(36)34-15-14-33(18-21(34)11-13-30)25-22-10-12-29(17-23(22)31-26(32-25)41(5,38)39)16-20-8-6-7-9-24(20)35(4,37)19-29/h6-9,21H,10-12,14-19H2,1-5H3/t21-,29+,35?/m0/s1. The van der Waals surface area contributed by atoms with E-state index in [9.17, 15) is 23.7 Å². The normalized spacial score (nSPS) is 26.2. The molecule has 0 bridgehead atoms. The Kier molecular flexibility index (Phi) is 7.29. The molecule has 3 aliphatic rings. The number of ether oxygens (including phenoxy) is 1. The summed E-state index contributed by atoms with van der Waals surface area (Å²) in [5, 5.41) is 23.0. The van der Waals surface area contributed by atoms with Gasteiger partial charge in [-0.15, -0.1) is 0 Å². The van der Waals surface area contributed by atoms with Crippen LogP contribution < -0.4 is 9.55 Å². The zero-order valence-corrected chi connectivity index (χ0v) is 25.2. The number of piperazine rings is 1. The maximum absolute atomic E-state index is 13.7. The topological polar surface area (TPSA) is 140 Å². The van der Waals surface area contributed by atoms with E-state index in [1.165, 1.54) is 0 Å². The number of fused-ring (bicyclic) bond motifs is 2. The van der Waals surface area contributed by atoms with Crippen LogP contribution in [0.1, 0.15) is 50.4 Å². The number of rotatable bonds is 3. The highest BCUT2D eigenvalue weighted by Gasteiger charge is 2.46. The van der Waals surface area contributed by atoms with Crippen LogP contribution in [0.15, 0.2) is 29.4 Å². The molecule has 0 N–H and O–H groups in total. The Bertz CT molecular complexity index is 1510. The van der Waals surface area contributed by atoms with E-state index in [0.29, 0.717) is 50.5 Å². The van der Waals surface area contributed by atoms with Crippen LogP contribution >= 0.6 is 0 Å². The maximum Gasteiger partial charge on any atom is 0.410 e. The number of para-hydroxylation sites is 1. The second kappa shape index (κ2) is 10.2. The Morgan fingerprint density at radius 1 is 1.24 bits per heavy atom. The Morgan fingerprint density at radius 2 is 1.98 bits per heavy atom. The monoisotopic (exact) mass is 582 g/mol. The molecule has 1 aromatic heterocycles.